The molecular weight excluding hydrogens is 294 g/mol. The fraction of sp³-hybridized carbons (Fsp3) is 0.467. The molecule has 2 aliphatic rings. The van der Waals surface area contributed by atoms with Crippen molar-refractivity contribution < 1.29 is 0 Å². The number of hydrogen-bond donors (Lipinski definition) is 2. The fourth-order valence-corrected chi connectivity index (χ4v) is 3.93. The van der Waals surface area contributed by atoms with Crippen LogP contribution in [0.4, 0.5) is 5.82 Å². The van der Waals surface area contributed by atoms with Gasteiger partial charge in [-0.1, -0.05) is 6.07 Å². The lowest BCUT2D eigenvalue weighted by molar-refractivity contribution is 0.414. The summed E-state index contributed by atoms with van der Waals surface area (Å²) in [4.78, 5) is 16.7. The van der Waals surface area contributed by atoms with Crippen molar-refractivity contribution in [2.75, 3.05) is 11.4 Å². The molecule has 23 heavy (non-hydrogen) atoms. The second-order valence-corrected chi connectivity index (χ2v) is 6.43. The van der Waals surface area contributed by atoms with E-state index in [1.165, 1.54) is 12.8 Å². The quantitative estimate of drug-likeness (QED) is 0.756. The molecule has 1 aliphatic heterocycles. The third-order valence-electron chi connectivity index (χ3n) is 5.08. The maximum atomic E-state index is 11.5. The molecule has 3 aromatic heterocycles. The van der Waals surface area contributed by atoms with E-state index < -0.39 is 0 Å². The van der Waals surface area contributed by atoms with Crippen molar-refractivity contribution in [3.05, 3.63) is 40.8 Å². The third-order valence-corrected chi connectivity index (χ3v) is 5.08. The molecule has 2 unspecified atom stereocenters. The van der Waals surface area contributed by atoms with Crippen LogP contribution in [0.15, 0.2) is 29.3 Å². The van der Waals surface area contributed by atoms with Crippen LogP contribution < -0.4 is 10.6 Å². The number of anilines is 1. The van der Waals surface area contributed by atoms with Gasteiger partial charge in [0.2, 0.25) is 0 Å². The molecule has 2 atom stereocenters. The molecule has 0 amide bonds. The van der Waals surface area contributed by atoms with Gasteiger partial charge >= 0.3 is 5.69 Å². The van der Waals surface area contributed by atoms with Gasteiger partial charge in [0.15, 0.2) is 11.5 Å². The summed E-state index contributed by atoms with van der Waals surface area (Å²) in [5.74, 6) is 3.05. The summed E-state index contributed by atoms with van der Waals surface area (Å²) in [6.45, 7) is 0.942. The van der Waals surface area contributed by atoms with Crippen molar-refractivity contribution in [2.45, 2.75) is 25.3 Å². The molecule has 5 rings (SSSR count). The zero-order chi connectivity index (χ0) is 15.4. The molecule has 0 spiro atoms. The predicted octanol–water partition coefficient (Wildman–Crippen LogP) is 1.12. The summed E-state index contributed by atoms with van der Waals surface area (Å²) >= 11 is 0. The van der Waals surface area contributed by atoms with Gasteiger partial charge in [0.1, 0.15) is 12.1 Å². The van der Waals surface area contributed by atoms with Crippen LogP contribution in [0.2, 0.25) is 0 Å². The summed E-state index contributed by atoms with van der Waals surface area (Å²) in [6.07, 6.45) is 5.41. The van der Waals surface area contributed by atoms with Crippen molar-refractivity contribution in [1.82, 2.24) is 29.8 Å². The Morgan fingerprint density at radius 1 is 1.22 bits per heavy atom. The number of H-pyrrole nitrogens is 2. The Morgan fingerprint density at radius 2 is 2.13 bits per heavy atom. The maximum absolute atomic E-state index is 11.5. The third kappa shape index (κ3) is 1.97. The van der Waals surface area contributed by atoms with Crippen LogP contribution in [0.1, 0.15) is 31.1 Å². The molecule has 4 heterocycles. The van der Waals surface area contributed by atoms with Gasteiger partial charge in [-0.15, -0.1) is 10.2 Å². The maximum Gasteiger partial charge on any atom is 0.340 e. The SMILES string of the molecule is O=c1[nH]nc(C2C(C3CC3)CCN2c2cccc3nncn23)[nH]1. The minimum atomic E-state index is -0.246. The van der Waals surface area contributed by atoms with Crippen molar-refractivity contribution >= 4 is 11.5 Å². The first-order valence-electron chi connectivity index (χ1n) is 8.01. The number of nitrogens with zero attached hydrogens (tertiary/aromatic N) is 5. The smallest absolute Gasteiger partial charge is 0.340 e. The van der Waals surface area contributed by atoms with Crippen LogP contribution in [0, 0.1) is 11.8 Å². The second-order valence-electron chi connectivity index (χ2n) is 6.43. The first-order chi connectivity index (χ1) is 11.3. The summed E-state index contributed by atoms with van der Waals surface area (Å²) < 4.78 is 1.99. The van der Waals surface area contributed by atoms with E-state index in [2.05, 4.69) is 36.3 Å². The molecule has 8 heteroatoms. The highest BCUT2D eigenvalue weighted by Crippen LogP contribution is 2.50. The first-order valence-corrected chi connectivity index (χ1v) is 8.01. The zero-order valence-electron chi connectivity index (χ0n) is 12.5. The van der Waals surface area contributed by atoms with E-state index in [1.54, 1.807) is 6.33 Å². The van der Waals surface area contributed by atoms with Gasteiger partial charge in [-0.2, -0.15) is 5.10 Å². The molecule has 8 nitrogen and oxygen atoms in total. The van der Waals surface area contributed by atoms with Crippen LogP contribution in [0.3, 0.4) is 0 Å². The number of pyridine rings is 1. The predicted molar refractivity (Wildman–Crippen MR) is 83.1 cm³/mol. The van der Waals surface area contributed by atoms with Crippen molar-refractivity contribution in [1.29, 1.82) is 0 Å². The number of rotatable bonds is 3. The normalized spacial score (nSPS) is 24.6. The number of aromatic nitrogens is 6. The second kappa shape index (κ2) is 4.68. The number of nitrogens with one attached hydrogen (secondary N) is 2. The highest BCUT2D eigenvalue weighted by atomic mass is 16.1. The van der Waals surface area contributed by atoms with Crippen LogP contribution >= 0.6 is 0 Å². The van der Waals surface area contributed by atoms with E-state index in [0.717, 1.165) is 36.2 Å². The molecule has 2 N–H and O–H groups in total. The molecule has 0 bridgehead atoms. The minimum Gasteiger partial charge on any atom is -0.347 e. The first kappa shape index (κ1) is 12.9. The van der Waals surface area contributed by atoms with Crippen molar-refractivity contribution in [3.8, 4) is 0 Å². The lowest BCUT2D eigenvalue weighted by Gasteiger charge is -2.28. The van der Waals surface area contributed by atoms with Crippen LogP contribution in [0.5, 0.6) is 0 Å². The minimum absolute atomic E-state index is 0.0921. The molecular formula is C15H17N7O. The Labute approximate surface area is 131 Å². The van der Waals surface area contributed by atoms with Gasteiger partial charge < -0.3 is 4.90 Å². The number of hydrogen-bond acceptors (Lipinski definition) is 5. The van der Waals surface area contributed by atoms with Gasteiger partial charge in [0.25, 0.3) is 0 Å². The molecule has 118 valence electrons. The monoisotopic (exact) mass is 311 g/mol. The summed E-state index contributed by atoms with van der Waals surface area (Å²) in [7, 11) is 0. The number of fused-ring (bicyclic) bond motifs is 1. The van der Waals surface area contributed by atoms with E-state index in [4.69, 9.17) is 0 Å². The fourth-order valence-electron chi connectivity index (χ4n) is 3.93. The zero-order valence-corrected chi connectivity index (χ0v) is 12.5. The van der Waals surface area contributed by atoms with Crippen LogP contribution in [0.25, 0.3) is 5.65 Å². The molecule has 1 aliphatic carbocycles. The Hall–Kier alpha value is -2.64. The van der Waals surface area contributed by atoms with E-state index >= 15 is 0 Å². The Kier molecular flexibility index (Phi) is 2.61. The lowest BCUT2D eigenvalue weighted by Crippen LogP contribution is -2.28. The average Bonchev–Trinajstić information content (AvgIpc) is 2.99. The summed E-state index contributed by atoms with van der Waals surface area (Å²) in [5, 5.41) is 14.9. The van der Waals surface area contributed by atoms with E-state index in [-0.39, 0.29) is 11.7 Å². The van der Waals surface area contributed by atoms with Crippen molar-refractivity contribution in [3.63, 3.8) is 0 Å². The highest BCUT2D eigenvalue weighted by molar-refractivity contribution is 5.52. The molecule has 1 saturated carbocycles. The van der Waals surface area contributed by atoms with Gasteiger partial charge in [-0.25, -0.2) is 9.89 Å². The summed E-state index contributed by atoms with van der Waals surface area (Å²) in [5.41, 5.74) is 0.579. The van der Waals surface area contributed by atoms with Gasteiger partial charge in [-0.3, -0.25) is 9.38 Å². The van der Waals surface area contributed by atoms with Crippen LogP contribution in [-0.4, -0.2) is 36.3 Å². The molecule has 1 saturated heterocycles. The topological polar surface area (TPSA) is 95.0 Å². The van der Waals surface area contributed by atoms with Gasteiger partial charge in [-0.05, 0) is 43.2 Å². The molecule has 2 fully saturated rings. The Morgan fingerprint density at radius 3 is 2.91 bits per heavy atom. The highest BCUT2D eigenvalue weighted by Gasteiger charge is 2.45. The lowest BCUT2D eigenvalue weighted by atomic mass is 9.94. The van der Waals surface area contributed by atoms with Crippen LogP contribution in [-0.2, 0) is 0 Å². The number of aromatic amines is 2. The van der Waals surface area contributed by atoms with Gasteiger partial charge in [0, 0.05) is 6.54 Å². The van der Waals surface area contributed by atoms with E-state index in [1.807, 2.05) is 16.5 Å². The summed E-state index contributed by atoms with van der Waals surface area (Å²) in [6, 6.07) is 6.10. The molecule has 3 aromatic rings. The largest absolute Gasteiger partial charge is 0.347 e. The standard InChI is InChI=1S/C15H17N7O/c23-15-17-14(19-20-15)13-10(9-4-5-9)6-7-21(13)12-3-1-2-11-18-16-8-22(11)12/h1-3,8-10,13H,4-7H2,(H2,17,19,20,23). The Bertz CT molecular complexity index is 906. The van der Waals surface area contributed by atoms with E-state index in [9.17, 15) is 4.79 Å². The molecule has 0 radical (unpaired) electrons. The van der Waals surface area contributed by atoms with Crippen molar-refractivity contribution in [2.24, 2.45) is 11.8 Å². The molecule has 0 aromatic carbocycles. The Balaban J connectivity index is 1.63. The van der Waals surface area contributed by atoms with Gasteiger partial charge in [0.05, 0.1) is 6.04 Å². The average molecular weight is 311 g/mol. The van der Waals surface area contributed by atoms with E-state index in [0.29, 0.717) is 5.92 Å².